The maximum atomic E-state index is 13.8. The number of hydrogen-bond donors (Lipinski definition) is 0. The first-order valence-corrected chi connectivity index (χ1v) is 15.9. The number of allylic oxidation sites excluding steroid dienone is 3. The van der Waals surface area contributed by atoms with Gasteiger partial charge in [0, 0.05) is 18.9 Å². The van der Waals surface area contributed by atoms with Gasteiger partial charge in [-0.15, -0.1) is 13.2 Å². The van der Waals surface area contributed by atoms with E-state index in [0.29, 0.717) is 19.4 Å². The summed E-state index contributed by atoms with van der Waals surface area (Å²) >= 11 is 0. The third-order valence-corrected chi connectivity index (χ3v) is 14.8. The first-order chi connectivity index (χ1) is 18.7. The fourth-order valence-corrected chi connectivity index (χ4v) is 13.3. The lowest BCUT2D eigenvalue weighted by molar-refractivity contribution is -0.124. The van der Waals surface area contributed by atoms with Crippen molar-refractivity contribution < 1.29 is 18.7 Å². The number of ether oxygens (including phenoxy) is 2. The van der Waals surface area contributed by atoms with Gasteiger partial charge in [-0.2, -0.15) is 0 Å². The largest absolute Gasteiger partial charge is 0.500 e. The summed E-state index contributed by atoms with van der Waals surface area (Å²) in [4.78, 5) is 13.8. The van der Waals surface area contributed by atoms with Crippen LogP contribution in [-0.2, 0) is 18.7 Å². The highest BCUT2D eigenvalue weighted by atomic mass is 28.4. The lowest BCUT2D eigenvalue weighted by Gasteiger charge is -2.50. The number of methoxy groups -OCH3 is 2. The zero-order valence-electron chi connectivity index (χ0n) is 24.1. The number of benzene rings is 2. The van der Waals surface area contributed by atoms with Crippen molar-refractivity contribution >= 4 is 24.5 Å². The fourth-order valence-electron chi connectivity index (χ4n) is 8.67. The van der Waals surface area contributed by atoms with Gasteiger partial charge in [0.1, 0.15) is 17.1 Å². The first-order valence-electron chi connectivity index (χ1n) is 14.0. The number of fused-ring (bicyclic) bond motifs is 1. The molecular weight excluding hydrogens is 500 g/mol. The van der Waals surface area contributed by atoms with Crippen LogP contribution in [0.25, 0.3) is 0 Å². The van der Waals surface area contributed by atoms with Crippen LogP contribution in [0.15, 0.2) is 97.3 Å². The summed E-state index contributed by atoms with van der Waals surface area (Å²) in [5, 5.41) is 2.24. The lowest BCUT2D eigenvalue weighted by atomic mass is 9.64. The van der Waals surface area contributed by atoms with E-state index in [1.165, 1.54) is 15.9 Å². The van der Waals surface area contributed by atoms with Crippen molar-refractivity contribution in [3.63, 3.8) is 0 Å². The molecular formula is C34H42O4Si. The average Bonchev–Trinajstić information content (AvgIpc) is 3.41. The number of rotatable bonds is 11. The summed E-state index contributed by atoms with van der Waals surface area (Å²) in [7, 11) is 0.625. The van der Waals surface area contributed by atoms with Crippen LogP contribution in [0.1, 0.15) is 46.5 Å². The minimum absolute atomic E-state index is 0.189. The van der Waals surface area contributed by atoms with Crippen LogP contribution < -0.4 is 10.4 Å². The van der Waals surface area contributed by atoms with Gasteiger partial charge in [0.15, 0.2) is 0 Å². The predicted molar refractivity (Wildman–Crippen MR) is 160 cm³/mol. The van der Waals surface area contributed by atoms with Gasteiger partial charge in [-0.05, 0) is 40.2 Å². The summed E-state index contributed by atoms with van der Waals surface area (Å²) < 4.78 is 20.3. The van der Waals surface area contributed by atoms with Gasteiger partial charge in [-0.3, -0.25) is 4.79 Å². The molecule has 0 radical (unpaired) electrons. The molecule has 0 bridgehead atoms. The molecule has 0 heterocycles. The van der Waals surface area contributed by atoms with Gasteiger partial charge in [0.05, 0.1) is 25.0 Å². The Bertz CT molecular complexity index is 1250. The third kappa shape index (κ3) is 3.52. The first kappa shape index (κ1) is 27.8. The molecule has 0 N–H and O–H groups in total. The smallest absolute Gasteiger partial charge is 0.261 e. The van der Waals surface area contributed by atoms with E-state index < -0.39 is 19.3 Å². The number of hydrogen-bond acceptors (Lipinski definition) is 4. The molecule has 2 fully saturated rings. The molecule has 4 nitrogen and oxygen atoms in total. The van der Waals surface area contributed by atoms with Crippen LogP contribution in [0.5, 0.6) is 0 Å². The lowest BCUT2D eigenvalue weighted by Crippen LogP contribution is -2.68. The molecule has 0 aliphatic heterocycles. The van der Waals surface area contributed by atoms with Gasteiger partial charge >= 0.3 is 0 Å². The maximum absolute atomic E-state index is 13.8. The Morgan fingerprint density at radius 2 is 1.54 bits per heavy atom. The quantitative estimate of drug-likeness (QED) is 0.259. The van der Waals surface area contributed by atoms with Crippen LogP contribution in [-0.4, -0.2) is 40.5 Å². The van der Waals surface area contributed by atoms with E-state index in [-0.39, 0.29) is 22.2 Å². The molecule has 0 amide bonds. The molecule has 0 saturated heterocycles. The van der Waals surface area contributed by atoms with Gasteiger partial charge in [-0.25, -0.2) is 0 Å². The summed E-state index contributed by atoms with van der Waals surface area (Å²) in [6.07, 6.45) is 6.42. The van der Waals surface area contributed by atoms with E-state index in [0.717, 1.165) is 18.6 Å². The van der Waals surface area contributed by atoms with Crippen molar-refractivity contribution in [3.8, 4) is 0 Å². The molecule has 0 spiro atoms. The third-order valence-electron chi connectivity index (χ3n) is 9.79. The molecule has 0 aromatic heterocycles. The molecule has 39 heavy (non-hydrogen) atoms. The Balaban J connectivity index is 1.73. The second kappa shape index (κ2) is 9.72. The van der Waals surface area contributed by atoms with E-state index in [2.05, 4.69) is 94.6 Å². The Kier molecular flexibility index (Phi) is 6.93. The van der Waals surface area contributed by atoms with Crippen molar-refractivity contribution in [3.05, 3.63) is 97.3 Å². The zero-order chi connectivity index (χ0) is 28.1. The number of Topliss-reactive ketones (excluding diaryl/α,β-unsaturated/α-hetero) is 1. The minimum Gasteiger partial charge on any atom is -0.500 e. The monoisotopic (exact) mass is 542 g/mol. The molecule has 206 valence electrons. The highest BCUT2D eigenvalue weighted by Crippen LogP contribution is 2.84. The number of carbonyl (C=O) groups excluding carboxylic acids is 1. The Morgan fingerprint density at radius 3 is 2.00 bits per heavy atom. The van der Waals surface area contributed by atoms with Crippen LogP contribution in [0, 0.1) is 16.7 Å². The van der Waals surface area contributed by atoms with E-state index in [9.17, 15) is 4.79 Å². The summed E-state index contributed by atoms with van der Waals surface area (Å²) in [5.41, 5.74) is -0.519. The van der Waals surface area contributed by atoms with Gasteiger partial charge in [0.25, 0.3) is 8.32 Å². The molecule has 4 atom stereocenters. The van der Waals surface area contributed by atoms with Crippen molar-refractivity contribution in [1.82, 2.24) is 0 Å². The van der Waals surface area contributed by atoms with Crippen molar-refractivity contribution in [2.45, 2.75) is 57.1 Å². The molecule has 5 rings (SSSR count). The Morgan fingerprint density at radius 1 is 0.949 bits per heavy atom. The van der Waals surface area contributed by atoms with Crippen LogP contribution >= 0.6 is 0 Å². The summed E-state index contributed by atoms with van der Waals surface area (Å²) in [6.45, 7) is 15.3. The second-order valence-electron chi connectivity index (χ2n) is 12.5. The topological polar surface area (TPSA) is 44.8 Å². The van der Waals surface area contributed by atoms with Crippen LogP contribution in [0.2, 0.25) is 5.04 Å². The second-order valence-corrected chi connectivity index (χ2v) is 16.8. The highest BCUT2D eigenvalue weighted by Gasteiger charge is 2.92. The van der Waals surface area contributed by atoms with Crippen molar-refractivity contribution in [2.24, 2.45) is 16.7 Å². The molecule has 2 saturated carbocycles. The molecule has 2 aromatic rings. The average molecular weight is 543 g/mol. The SMILES string of the molecule is C=CCC1=C(OC)[C@]2(CO[Si](c3ccccc3)(c3ccccc3)C(C)(C)C)CC(=O)[C@H]3[C@](CC=C)(C1)[C@@]32OC. The fraction of sp³-hybridized carbons (Fsp3) is 0.441. The number of ketones is 1. The van der Waals surface area contributed by atoms with Crippen LogP contribution in [0.3, 0.4) is 0 Å². The Hall–Kier alpha value is -2.73. The number of carbonyl (C=O) groups is 1. The van der Waals surface area contributed by atoms with Gasteiger partial charge < -0.3 is 13.9 Å². The zero-order valence-corrected chi connectivity index (χ0v) is 25.1. The van der Waals surface area contributed by atoms with Crippen molar-refractivity contribution in [1.29, 1.82) is 0 Å². The maximum Gasteiger partial charge on any atom is 0.261 e. The van der Waals surface area contributed by atoms with E-state index in [1.54, 1.807) is 14.2 Å². The minimum atomic E-state index is -2.87. The molecule has 0 unspecified atom stereocenters. The molecule has 2 aromatic carbocycles. The van der Waals surface area contributed by atoms with Crippen molar-refractivity contribution in [2.75, 3.05) is 20.8 Å². The van der Waals surface area contributed by atoms with Crippen LogP contribution in [0.4, 0.5) is 0 Å². The van der Waals surface area contributed by atoms with E-state index in [4.69, 9.17) is 13.9 Å². The molecule has 5 heteroatoms. The molecule has 3 aliphatic rings. The van der Waals surface area contributed by atoms with Gasteiger partial charge in [-0.1, -0.05) is 93.6 Å². The summed E-state index contributed by atoms with van der Waals surface area (Å²) in [5.74, 6) is 0.912. The van der Waals surface area contributed by atoms with E-state index in [1.807, 2.05) is 12.2 Å². The summed E-state index contributed by atoms with van der Waals surface area (Å²) in [6, 6.07) is 21.3. The normalized spacial score (nSPS) is 29.7. The van der Waals surface area contributed by atoms with E-state index >= 15 is 0 Å². The Labute approximate surface area is 234 Å². The van der Waals surface area contributed by atoms with Gasteiger partial charge in [0.2, 0.25) is 0 Å². The highest BCUT2D eigenvalue weighted by molar-refractivity contribution is 6.99. The standard InChI is InChI=1S/C34H42O4Si/c1-8-16-25-22-32(21-9-2)29-28(35)23-33(30(25)36-6,34(29,32)37-7)24-38-39(31(3,4)5,26-17-12-10-13-18-26)27-19-14-11-15-20-27/h8-15,17-20,29H,1-2,16,21-24H2,3-7H3/t29-,32-,33+,34-/m0/s1. The molecule has 3 aliphatic carbocycles. The predicted octanol–water partition coefficient (Wildman–Crippen LogP) is 5.98.